The molecule has 8 nitrogen and oxygen atoms in total. The molecule has 2 aromatic heterocycles. The molecule has 28 heavy (non-hydrogen) atoms. The lowest BCUT2D eigenvalue weighted by Crippen LogP contribution is -2.37. The van der Waals surface area contributed by atoms with Gasteiger partial charge in [0.05, 0.1) is 5.69 Å². The fourth-order valence-electron chi connectivity index (χ4n) is 3.41. The summed E-state index contributed by atoms with van der Waals surface area (Å²) in [5.41, 5.74) is 1.70. The number of benzene rings is 1. The molecule has 146 valence electrons. The van der Waals surface area contributed by atoms with Crippen molar-refractivity contribution in [3.05, 3.63) is 45.5 Å². The third-order valence-corrected chi connectivity index (χ3v) is 5.50. The number of aromatic nitrogens is 5. The second-order valence-electron chi connectivity index (χ2n) is 7.08. The minimum absolute atomic E-state index is 0.0367. The Morgan fingerprint density at radius 1 is 1.18 bits per heavy atom. The van der Waals surface area contributed by atoms with E-state index in [1.54, 1.807) is 6.07 Å². The summed E-state index contributed by atoms with van der Waals surface area (Å²) in [7, 11) is 0. The molecule has 0 bridgehead atoms. The zero-order valence-corrected chi connectivity index (χ0v) is 16.4. The van der Waals surface area contributed by atoms with Crippen LogP contribution in [0.4, 0.5) is 0 Å². The van der Waals surface area contributed by atoms with Crippen LogP contribution in [0.2, 0.25) is 5.02 Å². The Labute approximate surface area is 166 Å². The number of carbonyl (C=O) groups excluding carboxylic acids is 1. The fraction of sp³-hybridized carbons (Fsp3) is 0.421. The number of rotatable bonds is 3. The number of nitrogens with zero attached hydrogens (tertiary/aromatic N) is 6. The summed E-state index contributed by atoms with van der Waals surface area (Å²) in [5.74, 6) is -0.0668. The monoisotopic (exact) mass is 400 g/mol. The van der Waals surface area contributed by atoms with Gasteiger partial charge in [-0.3, -0.25) is 14.2 Å². The van der Waals surface area contributed by atoms with Crippen molar-refractivity contribution in [3.8, 4) is 5.69 Å². The van der Waals surface area contributed by atoms with Crippen LogP contribution in [0.5, 0.6) is 0 Å². The van der Waals surface area contributed by atoms with E-state index in [4.69, 9.17) is 11.6 Å². The Hall–Kier alpha value is -2.74. The lowest BCUT2D eigenvalue weighted by Gasteiger charge is -2.20. The van der Waals surface area contributed by atoms with Gasteiger partial charge in [0, 0.05) is 18.1 Å². The van der Waals surface area contributed by atoms with Gasteiger partial charge in [0.25, 0.3) is 5.56 Å². The van der Waals surface area contributed by atoms with Gasteiger partial charge in [0.1, 0.15) is 12.9 Å². The highest BCUT2D eigenvalue weighted by atomic mass is 35.5. The van der Waals surface area contributed by atoms with Crippen LogP contribution in [-0.2, 0) is 11.3 Å². The van der Waals surface area contributed by atoms with E-state index in [0.29, 0.717) is 16.4 Å². The third-order valence-electron chi connectivity index (χ3n) is 5.09. The van der Waals surface area contributed by atoms with Crippen LogP contribution in [0.1, 0.15) is 31.2 Å². The van der Waals surface area contributed by atoms with Gasteiger partial charge in [-0.15, -0.1) is 5.10 Å². The maximum absolute atomic E-state index is 12.8. The normalized spacial score (nSPS) is 15.0. The molecule has 0 atom stereocenters. The van der Waals surface area contributed by atoms with E-state index in [9.17, 15) is 9.59 Å². The molecule has 1 aliphatic rings. The molecule has 0 spiro atoms. The lowest BCUT2D eigenvalue weighted by molar-refractivity contribution is -0.131. The van der Waals surface area contributed by atoms with E-state index in [2.05, 4.69) is 15.3 Å². The number of hydrogen-bond donors (Lipinski definition) is 0. The fourth-order valence-corrected chi connectivity index (χ4v) is 3.58. The molecule has 0 unspecified atom stereocenters. The number of amides is 1. The van der Waals surface area contributed by atoms with Gasteiger partial charge in [-0.05, 0) is 37.5 Å². The average molecular weight is 401 g/mol. The van der Waals surface area contributed by atoms with Crippen LogP contribution in [0.3, 0.4) is 0 Å². The van der Waals surface area contributed by atoms with Crippen LogP contribution < -0.4 is 5.56 Å². The summed E-state index contributed by atoms with van der Waals surface area (Å²) in [6.45, 7) is 3.36. The maximum atomic E-state index is 12.8. The number of aryl methyl sites for hydroxylation is 1. The molecular weight excluding hydrogens is 380 g/mol. The third kappa shape index (κ3) is 3.52. The van der Waals surface area contributed by atoms with Crippen LogP contribution in [0.15, 0.2) is 29.3 Å². The van der Waals surface area contributed by atoms with E-state index in [1.165, 1.54) is 15.6 Å². The molecule has 0 aliphatic carbocycles. The Morgan fingerprint density at radius 2 is 1.93 bits per heavy atom. The van der Waals surface area contributed by atoms with Gasteiger partial charge < -0.3 is 4.90 Å². The van der Waals surface area contributed by atoms with Crippen LogP contribution >= 0.6 is 11.6 Å². The Kier molecular flexibility index (Phi) is 5.13. The minimum atomic E-state index is -0.377. The molecule has 1 fully saturated rings. The first kappa shape index (κ1) is 18.6. The van der Waals surface area contributed by atoms with Gasteiger partial charge in [-0.2, -0.15) is 4.68 Å². The summed E-state index contributed by atoms with van der Waals surface area (Å²) >= 11 is 6.19. The number of fused-ring (bicyclic) bond motifs is 1. The molecule has 0 saturated carbocycles. The van der Waals surface area contributed by atoms with Crippen molar-refractivity contribution >= 4 is 28.7 Å². The van der Waals surface area contributed by atoms with Crippen molar-refractivity contribution in [3.63, 3.8) is 0 Å². The van der Waals surface area contributed by atoms with Crippen LogP contribution in [0.25, 0.3) is 16.9 Å². The Balaban J connectivity index is 1.64. The van der Waals surface area contributed by atoms with Gasteiger partial charge in [-0.25, -0.2) is 4.98 Å². The molecule has 9 heteroatoms. The summed E-state index contributed by atoms with van der Waals surface area (Å²) < 4.78 is 2.78. The Bertz CT molecular complexity index is 1080. The number of carbonyl (C=O) groups is 1. The van der Waals surface area contributed by atoms with Crippen molar-refractivity contribution in [2.24, 2.45) is 0 Å². The highest BCUT2D eigenvalue weighted by Crippen LogP contribution is 2.20. The zero-order chi connectivity index (χ0) is 19.7. The highest BCUT2D eigenvalue weighted by Gasteiger charge is 2.19. The van der Waals surface area contributed by atoms with Crippen molar-refractivity contribution in [1.29, 1.82) is 0 Å². The number of likely N-dealkylation sites (tertiary alicyclic amines) is 1. The highest BCUT2D eigenvalue weighted by molar-refractivity contribution is 6.31. The first-order chi connectivity index (χ1) is 13.5. The number of hydrogen-bond acceptors (Lipinski definition) is 5. The lowest BCUT2D eigenvalue weighted by atomic mass is 10.2. The van der Waals surface area contributed by atoms with Crippen molar-refractivity contribution < 1.29 is 4.79 Å². The van der Waals surface area contributed by atoms with Crippen LogP contribution in [0, 0.1) is 6.92 Å². The topological polar surface area (TPSA) is 85.9 Å². The summed E-state index contributed by atoms with van der Waals surface area (Å²) in [5, 5.41) is 8.64. The second kappa shape index (κ2) is 7.71. The molecule has 1 aromatic carbocycles. The first-order valence-electron chi connectivity index (χ1n) is 9.40. The van der Waals surface area contributed by atoms with E-state index < -0.39 is 0 Å². The smallest absolute Gasteiger partial charge is 0.284 e. The molecule has 3 aromatic rings. The Morgan fingerprint density at radius 3 is 2.64 bits per heavy atom. The molecule has 0 radical (unpaired) electrons. The maximum Gasteiger partial charge on any atom is 0.284 e. The van der Waals surface area contributed by atoms with E-state index in [1.807, 2.05) is 24.0 Å². The SMILES string of the molecule is Cc1ccc(-n2nnc3c(=O)n(CC(=O)N4CCCCCC4)cnc32)cc1Cl. The van der Waals surface area contributed by atoms with Crippen LogP contribution in [-0.4, -0.2) is 48.4 Å². The quantitative estimate of drug-likeness (QED) is 0.673. The standard InChI is InChI=1S/C19H21ClN6O2/c1-13-6-7-14(10-15(13)20)26-18-17(22-23-26)19(28)25(12-21-18)11-16(27)24-8-4-2-3-5-9-24/h6-7,10,12H,2-5,8-9,11H2,1H3. The van der Waals surface area contributed by atoms with Crippen molar-refractivity contribution in [2.75, 3.05) is 13.1 Å². The van der Waals surface area contributed by atoms with E-state index in [0.717, 1.165) is 44.3 Å². The molecule has 1 amide bonds. The predicted octanol–water partition coefficient (Wildman–Crippen LogP) is 2.34. The molecule has 0 N–H and O–H groups in total. The summed E-state index contributed by atoms with van der Waals surface area (Å²) in [6, 6.07) is 5.46. The van der Waals surface area contributed by atoms with E-state index >= 15 is 0 Å². The molecular formula is C19H21ClN6O2. The second-order valence-corrected chi connectivity index (χ2v) is 7.49. The molecule has 1 saturated heterocycles. The summed E-state index contributed by atoms with van der Waals surface area (Å²) in [6.07, 6.45) is 5.68. The predicted molar refractivity (Wildman–Crippen MR) is 106 cm³/mol. The van der Waals surface area contributed by atoms with Gasteiger partial charge in [0.15, 0.2) is 11.2 Å². The molecule has 3 heterocycles. The van der Waals surface area contributed by atoms with Crippen molar-refractivity contribution in [2.45, 2.75) is 39.2 Å². The van der Waals surface area contributed by atoms with Gasteiger partial charge >= 0.3 is 0 Å². The van der Waals surface area contributed by atoms with Gasteiger partial charge in [-0.1, -0.05) is 35.7 Å². The number of halogens is 1. The largest absolute Gasteiger partial charge is 0.341 e. The molecule has 1 aliphatic heterocycles. The average Bonchev–Trinajstić information content (AvgIpc) is 2.93. The van der Waals surface area contributed by atoms with Gasteiger partial charge in [0.2, 0.25) is 5.91 Å². The van der Waals surface area contributed by atoms with E-state index in [-0.39, 0.29) is 23.5 Å². The minimum Gasteiger partial charge on any atom is -0.341 e. The first-order valence-corrected chi connectivity index (χ1v) is 9.77. The zero-order valence-electron chi connectivity index (χ0n) is 15.6. The molecule has 4 rings (SSSR count). The van der Waals surface area contributed by atoms with Crippen molar-refractivity contribution in [1.82, 2.24) is 29.4 Å². The summed E-state index contributed by atoms with van der Waals surface area (Å²) in [4.78, 5) is 31.5.